The molecular formula is C26H48O4PSi+. The van der Waals surface area contributed by atoms with Crippen LogP contribution in [0.5, 0.6) is 11.5 Å². The van der Waals surface area contributed by atoms with E-state index in [1.54, 1.807) is 6.07 Å². The first kappa shape index (κ1) is 29.4. The van der Waals surface area contributed by atoms with E-state index in [1.807, 2.05) is 26.0 Å². The Morgan fingerprint density at radius 3 is 1.81 bits per heavy atom. The van der Waals surface area contributed by atoms with E-state index in [1.165, 1.54) is 5.30 Å². The lowest BCUT2D eigenvalue weighted by Crippen LogP contribution is -2.49. The number of phenolic OH excluding ortho intramolecular Hbond substituents is 1. The number of aromatic hydroxyl groups is 1. The zero-order valence-corrected chi connectivity index (χ0v) is 24.4. The van der Waals surface area contributed by atoms with Crippen molar-refractivity contribution in [2.45, 2.75) is 110 Å². The van der Waals surface area contributed by atoms with E-state index >= 15 is 0 Å². The smallest absolute Gasteiger partial charge is 0.161 e. The Bertz CT molecular complexity index is 659. The zero-order chi connectivity index (χ0) is 24.8. The van der Waals surface area contributed by atoms with Crippen molar-refractivity contribution < 1.29 is 19.3 Å². The van der Waals surface area contributed by atoms with Crippen molar-refractivity contribution in [2.75, 3.05) is 19.8 Å². The van der Waals surface area contributed by atoms with Crippen molar-refractivity contribution >= 4 is 22.1 Å². The number of phenols is 1. The molecule has 0 fully saturated rings. The summed E-state index contributed by atoms with van der Waals surface area (Å²) >= 11 is 0. The van der Waals surface area contributed by atoms with Crippen molar-refractivity contribution in [3.63, 3.8) is 0 Å². The van der Waals surface area contributed by atoms with Gasteiger partial charge in [0.25, 0.3) is 0 Å². The minimum atomic E-state index is -1.88. The standard InChI is InChI=1S/C26H47O4PSi/c1-12-28-23(29-13-2)32-18-14-17-30-21-16-15-20(27)19-22(21)31(24(3,4)5,25(6,7)8)26(9,10)11/h15-16,19,23H,12-14,17-18H2,1-11H3/p+1. The van der Waals surface area contributed by atoms with Gasteiger partial charge in [-0.05, 0) is 94.7 Å². The van der Waals surface area contributed by atoms with Crippen LogP contribution in [0.15, 0.2) is 18.2 Å². The highest BCUT2D eigenvalue weighted by atomic mass is 31.2. The van der Waals surface area contributed by atoms with E-state index in [0.29, 0.717) is 35.1 Å². The van der Waals surface area contributed by atoms with Crippen LogP contribution in [-0.4, -0.2) is 55.8 Å². The van der Waals surface area contributed by atoms with Gasteiger partial charge in [0.15, 0.2) is 5.75 Å². The van der Waals surface area contributed by atoms with E-state index in [9.17, 15) is 5.11 Å². The second-order valence-corrected chi connectivity index (χ2v) is 18.5. The van der Waals surface area contributed by atoms with Crippen LogP contribution in [0.25, 0.3) is 0 Å². The third-order valence-electron chi connectivity index (χ3n) is 5.85. The highest BCUT2D eigenvalue weighted by Crippen LogP contribution is 2.83. The van der Waals surface area contributed by atoms with Crippen LogP contribution in [0.1, 0.15) is 82.6 Å². The molecule has 2 radical (unpaired) electrons. The van der Waals surface area contributed by atoms with Crippen molar-refractivity contribution in [2.24, 2.45) is 0 Å². The Hall–Kier alpha value is -0.613. The SMILES string of the molecule is CCOC(OCC)[Si]CCCOc1ccc(O)cc1[P+](C(C)(C)C)(C(C)(C)C)C(C)(C)C. The third kappa shape index (κ3) is 6.71. The van der Waals surface area contributed by atoms with Gasteiger partial charge in [0.05, 0.1) is 29.3 Å². The van der Waals surface area contributed by atoms with Crippen LogP contribution in [0.4, 0.5) is 0 Å². The van der Waals surface area contributed by atoms with Gasteiger partial charge in [-0.15, -0.1) is 0 Å². The molecule has 0 saturated heterocycles. The van der Waals surface area contributed by atoms with Crippen molar-refractivity contribution in [1.82, 2.24) is 0 Å². The van der Waals surface area contributed by atoms with Gasteiger partial charge in [-0.3, -0.25) is 0 Å². The molecule has 0 unspecified atom stereocenters. The van der Waals surface area contributed by atoms with Crippen LogP contribution in [-0.2, 0) is 9.47 Å². The maximum atomic E-state index is 10.5. The molecule has 0 aliphatic rings. The number of hydrogen-bond acceptors (Lipinski definition) is 4. The van der Waals surface area contributed by atoms with Crippen LogP contribution in [0, 0.1) is 0 Å². The summed E-state index contributed by atoms with van der Waals surface area (Å²) in [6.07, 6.45) is 0.946. The third-order valence-corrected chi connectivity index (χ3v) is 14.3. The van der Waals surface area contributed by atoms with Gasteiger partial charge < -0.3 is 19.3 Å². The fraction of sp³-hybridized carbons (Fsp3) is 0.769. The van der Waals surface area contributed by atoms with E-state index in [4.69, 9.17) is 14.2 Å². The molecule has 4 nitrogen and oxygen atoms in total. The monoisotopic (exact) mass is 483 g/mol. The summed E-state index contributed by atoms with van der Waals surface area (Å²) in [5, 5.41) is 11.8. The largest absolute Gasteiger partial charge is 0.508 e. The fourth-order valence-corrected chi connectivity index (χ4v) is 16.1. The van der Waals surface area contributed by atoms with E-state index in [0.717, 1.165) is 18.2 Å². The molecule has 32 heavy (non-hydrogen) atoms. The molecule has 0 heterocycles. The van der Waals surface area contributed by atoms with Crippen molar-refractivity contribution in [1.29, 1.82) is 0 Å². The minimum Gasteiger partial charge on any atom is -0.508 e. The molecule has 1 aromatic rings. The molecule has 0 saturated carbocycles. The summed E-state index contributed by atoms with van der Waals surface area (Å²) in [6, 6.07) is 6.71. The Labute approximate surface area is 201 Å². The first-order valence-corrected chi connectivity index (χ1v) is 15.0. The van der Waals surface area contributed by atoms with Crippen molar-refractivity contribution in [3.05, 3.63) is 18.2 Å². The lowest BCUT2D eigenvalue weighted by Gasteiger charge is -2.54. The number of rotatable bonds is 11. The quantitative estimate of drug-likeness (QED) is 0.165. The van der Waals surface area contributed by atoms with Gasteiger partial charge in [0.1, 0.15) is 26.5 Å². The van der Waals surface area contributed by atoms with Crippen LogP contribution in [0.3, 0.4) is 0 Å². The van der Waals surface area contributed by atoms with Crippen LogP contribution in [0.2, 0.25) is 6.04 Å². The van der Waals surface area contributed by atoms with Gasteiger partial charge in [0, 0.05) is 19.3 Å². The topological polar surface area (TPSA) is 47.9 Å². The molecule has 1 N–H and O–H groups in total. The minimum absolute atomic E-state index is 0.0407. The summed E-state index contributed by atoms with van der Waals surface area (Å²) in [7, 11) is -1.27. The maximum absolute atomic E-state index is 10.5. The number of benzene rings is 1. The molecule has 0 aliphatic carbocycles. The first-order chi connectivity index (χ1) is 14.6. The summed E-state index contributed by atoms with van der Waals surface area (Å²) in [5.41, 5.74) is 0. The van der Waals surface area contributed by atoms with Gasteiger partial charge >= 0.3 is 0 Å². The average Bonchev–Trinajstić information content (AvgIpc) is 2.60. The summed E-state index contributed by atoms with van der Waals surface area (Å²) in [5.74, 6) is 1.13. The predicted octanol–water partition coefficient (Wildman–Crippen LogP) is 6.68. The van der Waals surface area contributed by atoms with E-state index in [-0.39, 0.29) is 21.4 Å². The molecule has 0 amide bonds. The van der Waals surface area contributed by atoms with E-state index < -0.39 is 7.26 Å². The molecular weight excluding hydrogens is 435 g/mol. The van der Waals surface area contributed by atoms with Crippen LogP contribution < -0.4 is 10.0 Å². The lowest BCUT2D eigenvalue weighted by molar-refractivity contribution is -0.0828. The predicted molar refractivity (Wildman–Crippen MR) is 142 cm³/mol. The van der Waals surface area contributed by atoms with Gasteiger partial charge in [-0.1, -0.05) is 6.04 Å². The second-order valence-electron chi connectivity index (χ2n) is 11.2. The highest BCUT2D eigenvalue weighted by molar-refractivity contribution is 7.87. The van der Waals surface area contributed by atoms with Crippen LogP contribution >= 0.6 is 7.26 Å². The Kier molecular flexibility index (Phi) is 10.7. The molecule has 184 valence electrons. The first-order valence-electron chi connectivity index (χ1n) is 12.0. The normalized spacial score (nSPS) is 13.6. The van der Waals surface area contributed by atoms with Gasteiger partial charge in [0.2, 0.25) is 0 Å². The summed E-state index contributed by atoms with van der Waals surface area (Å²) in [4.78, 5) is 0. The molecule has 0 aliphatic heterocycles. The Morgan fingerprint density at radius 2 is 1.38 bits per heavy atom. The molecule has 0 aromatic heterocycles. The van der Waals surface area contributed by atoms with Gasteiger partial charge in [-0.25, -0.2) is 0 Å². The Morgan fingerprint density at radius 1 is 0.875 bits per heavy atom. The zero-order valence-electron chi connectivity index (χ0n) is 22.5. The fourth-order valence-electron chi connectivity index (χ4n) is 5.94. The highest BCUT2D eigenvalue weighted by Gasteiger charge is 2.67. The molecule has 0 bridgehead atoms. The number of hydrogen-bond donors (Lipinski definition) is 1. The second kappa shape index (κ2) is 11.7. The average molecular weight is 484 g/mol. The number of ether oxygens (including phenoxy) is 3. The summed E-state index contributed by atoms with van der Waals surface area (Å²) < 4.78 is 17.7. The molecule has 0 atom stereocenters. The van der Waals surface area contributed by atoms with Crippen molar-refractivity contribution in [3.8, 4) is 11.5 Å². The molecule has 0 spiro atoms. The Balaban J connectivity index is 3.21. The van der Waals surface area contributed by atoms with E-state index in [2.05, 4.69) is 62.3 Å². The summed E-state index contributed by atoms with van der Waals surface area (Å²) in [6.45, 7) is 27.2. The molecule has 1 aromatic carbocycles. The molecule has 1 rings (SSSR count). The lowest BCUT2D eigenvalue weighted by atomic mass is 10.2. The maximum Gasteiger partial charge on any atom is 0.161 e. The van der Waals surface area contributed by atoms with Gasteiger partial charge in [-0.2, -0.15) is 0 Å². The molecule has 6 heteroatoms.